The molecule has 0 aliphatic carbocycles. The summed E-state index contributed by atoms with van der Waals surface area (Å²) in [5, 5.41) is 11.2. The van der Waals surface area contributed by atoms with Gasteiger partial charge in [0.25, 0.3) is 0 Å². The zero-order chi connectivity index (χ0) is 13.3. The van der Waals surface area contributed by atoms with Gasteiger partial charge in [0.2, 0.25) is 0 Å². The predicted octanol–water partition coefficient (Wildman–Crippen LogP) is 3.94. The molecule has 0 saturated heterocycles. The van der Waals surface area contributed by atoms with Gasteiger partial charge in [0.15, 0.2) is 0 Å². The Hall–Kier alpha value is -1.68. The molecule has 0 fully saturated rings. The third kappa shape index (κ3) is 2.29. The fourth-order valence-corrected chi connectivity index (χ4v) is 2.68. The molecule has 94 valence electrons. The van der Waals surface area contributed by atoms with Gasteiger partial charge in [0.1, 0.15) is 0 Å². The van der Waals surface area contributed by atoms with E-state index in [4.69, 9.17) is 0 Å². The van der Waals surface area contributed by atoms with Crippen LogP contribution >= 0.6 is 11.3 Å². The lowest BCUT2D eigenvalue weighted by Gasteiger charge is -2.12. The molecular weight excluding hydrogens is 246 g/mol. The number of pyridine rings is 1. The number of carboxylic acid groups (broad SMARTS) is 1. The molecule has 0 aliphatic rings. The van der Waals surface area contributed by atoms with Gasteiger partial charge in [-0.05, 0) is 35.9 Å². The quantitative estimate of drug-likeness (QED) is 0.910. The normalized spacial score (nSPS) is 10.9. The minimum absolute atomic E-state index is 0.0930. The molecule has 0 aliphatic heterocycles. The Balaban J connectivity index is 2.64. The third-order valence-electron chi connectivity index (χ3n) is 2.77. The van der Waals surface area contributed by atoms with E-state index in [9.17, 15) is 9.90 Å². The van der Waals surface area contributed by atoms with Gasteiger partial charge in [-0.2, -0.15) is 0 Å². The molecule has 3 nitrogen and oxygen atoms in total. The van der Waals surface area contributed by atoms with Crippen molar-refractivity contribution in [2.45, 2.75) is 26.7 Å². The Bertz CT molecular complexity index is 574. The lowest BCUT2D eigenvalue weighted by Crippen LogP contribution is -2.08. The molecule has 0 aromatic carbocycles. The van der Waals surface area contributed by atoms with E-state index in [2.05, 4.69) is 4.98 Å². The van der Waals surface area contributed by atoms with Crippen LogP contribution in [0.3, 0.4) is 0 Å². The zero-order valence-electron chi connectivity index (χ0n) is 10.6. The van der Waals surface area contributed by atoms with Crippen LogP contribution in [0.5, 0.6) is 0 Å². The van der Waals surface area contributed by atoms with Crippen LogP contribution in [0.25, 0.3) is 10.6 Å². The van der Waals surface area contributed by atoms with E-state index in [1.54, 1.807) is 17.4 Å². The first-order valence-electron chi connectivity index (χ1n) is 5.79. The van der Waals surface area contributed by atoms with Crippen molar-refractivity contribution in [1.82, 2.24) is 4.98 Å². The van der Waals surface area contributed by atoms with E-state index in [1.807, 2.05) is 38.3 Å². The molecule has 2 aromatic rings. The molecule has 0 bridgehead atoms. The largest absolute Gasteiger partial charge is 0.478 e. The van der Waals surface area contributed by atoms with Gasteiger partial charge in [-0.15, -0.1) is 11.3 Å². The van der Waals surface area contributed by atoms with Gasteiger partial charge < -0.3 is 5.11 Å². The van der Waals surface area contributed by atoms with Crippen LogP contribution in [-0.2, 0) is 0 Å². The molecular formula is C14H15NO2S. The third-order valence-corrected chi connectivity index (χ3v) is 3.65. The minimum atomic E-state index is -0.910. The SMILES string of the molecule is Cc1cc(C(=O)O)c(C(C)C)nc1-c1cccs1. The Morgan fingerprint density at radius 3 is 2.67 bits per heavy atom. The van der Waals surface area contributed by atoms with E-state index in [0.717, 1.165) is 16.1 Å². The van der Waals surface area contributed by atoms with Crippen LogP contribution in [-0.4, -0.2) is 16.1 Å². The second kappa shape index (κ2) is 4.90. The number of nitrogens with zero attached hydrogens (tertiary/aromatic N) is 1. The summed E-state index contributed by atoms with van der Waals surface area (Å²) < 4.78 is 0. The molecule has 0 amide bonds. The summed E-state index contributed by atoms with van der Waals surface area (Å²) in [6.45, 7) is 5.82. The molecule has 1 N–H and O–H groups in total. The van der Waals surface area contributed by atoms with Gasteiger partial charge in [-0.3, -0.25) is 4.98 Å². The van der Waals surface area contributed by atoms with Crippen molar-refractivity contribution >= 4 is 17.3 Å². The van der Waals surface area contributed by atoms with Gasteiger partial charge in [-0.1, -0.05) is 19.9 Å². The molecule has 0 saturated carbocycles. The molecule has 0 spiro atoms. The van der Waals surface area contributed by atoms with Crippen LogP contribution in [0.4, 0.5) is 0 Å². The summed E-state index contributed by atoms with van der Waals surface area (Å²) >= 11 is 1.61. The summed E-state index contributed by atoms with van der Waals surface area (Å²) in [7, 11) is 0. The molecule has 4 heteroatoms. The van der Waals surface area contributed by atoms with Crippen molar-refractivity contribution in [3.63, 3.8) is 0 Å². The standard InChI is InChI=1S/C14H15NO2S/c1-8(2)12-10(14(16)17)7-9(3)13(15-12)11-5-4-6-18-11/h4-8H,1-3H3,(H,16,17). The first kappa shape index (κ1) is 12.8. The highest BCUT2D eigenvalue weighted by Crippen LogP contribution is 2.29. The van der Waals surface area contributed by atoms with Crippen LogP contribution < -0.4 is 0 Å². The highest BCUT2D eigenvalue weighted by Gasteiger charge is 2.18. The molecule has 2 heterocycles. The topological polar surface area (TPSA) is 50.2 Å². The number of aryl methyl sites for hydroxylation is 1. The van der Waals surface area contributed by atoms with E-state index in [1.165, 1.54) is 0 Å². The van der Waals surface area contributed by atoms with Gasteiger partial charge in [-0.25, -0.2) is 4.79 Å². The lowest BCUT2D eigenvalue weighted by molar-refractivity contribution is 0.0694. The average Bonchev–Trinajstić information content (AvgIpc) is 2.81. The maximum atomic E-state index is 11.2. The van der Waals surface area contributed by atoms with Crippen LogP contribution in [0.2, 0.25) is 0 Å². The Morgan fingerprint density at radius 2 is 2.17 bits per heavy atom. The second-order valence-electron chi connectivity index (χ2n) is 4.52. The van der Waals surface area contributed by atoms with Crippen LogP contribution in [0, 0.1) is 6.92 Å². The van der Waals surface area contributed by atoms with Crippen molar-refractivity contribution in [3.8, 4) is 10.6 Å². The fourth-order valence-electron chi connectivity index (χ4n) is 1.90. The minimum Gasteiger partial charge on any atom is -0.478 e. The number of hydrogen-bond donors (Lipinski definition) is 1. The molecule has 0 radical (unpaired) electrons. The fraction of sp³-hybridized carbons (Fsp3) is 0.286. The van der Waals surface area contributed by atoms with Gasteiger partial charge in [0, 0.05) is 0 Å². The molecule has 0 atom stereocenters. The smallest absolute Gasteiger partial charge is 0.337 e. The number of thiophene rings is 1. The highest BCUT2D eigenvalue weighted by molar-refractivity contribution is 7.13. The Morgan fingerprint density at radius 1 is 1.44 bits per heavy atom. The van der Waals surface area contributed by atoms with E-state index < -0.39 is 5.97 Å². The zero-order valence-corrected chi connectivity index (χ0v) is 11.4. The van der Waals surface area contributed by atoms with Crippen molar-refractivity contribution < 1.29 is 9.90 Å². The Kier molecular flexibility index (Phi) is 3.48. The number of rotatable bonds is 3. The summed E-state index contributed by atoms with van der Waals surface area (Å²) in [5.41, 5.74) is 2.75. The summed E-state index contributed by atoms with van der Waals surface area (Å²) in [6.07, 6.45) is 0. The first-order chi connectivity index (χ1) is 8.50. The monoisotopic (exact) mass is 261 g/mol. The van der Waals surface area contributed by atoms with Crippen molar-refractivity contribution in [2.24, 2.45) is 0 Å². The van der Waals surface area contributed by atoms with E-state index in [0.29, 0.717) is 11.3 Å². The highest BCUT2D eigenvalue weighted by atomic mass is 32.1. The average molecular weight is 261 g/mol. The number of carboxylic acids is 1. The summed E-state index contributed by atoms with van der Waals surface area (Å²) in [4.78, 5) is 16.9. The second-order valence-corrected chi connectivity index (χ2v) is 5.47. The predicted molar refractivity (Wildman–Crippen MR) is 73.3 cm³/mol. The number of aromatic nitrogens is 1. The van der Waals surface area contributed by atoms with E-state index >= 15 is 0 Å². The summed E-state index contributed by atoms with van der Waals surface area (Å²) in [6, 6.07) is 5.70. The number of hydrogen-bond acceptors (Lipinski definition) is 3. The Labute approximate surface area is 110 Å². The summed E-state index contributed by atoms with van der Waals surface area (Å²) in [5.74, 6) is -0.817. The lowest BCUT2D eigenvalue weighted by atomic mass is 10.0. The molecule has 2 rings (SSSR count). The van der Waals surface area contributed by atoms with Gasteiger partial charge in [0.05, 0.1) is 21.8 Å². The maximum Gasteiger partial charge on any atom is 0.337 e. The maximum absolute atomic E-state index is 11.2. The van der Waals surface area contributed by atoms with Gasteiger partial charge >= 0.3 is 5.97 Å². The molecule has 0 unspecified atom stereocenters. The van der Waals surface area contributed by atoms with E-state index in [-0.39, 0.29) is 5.92 Å². The van der Waals surface area contributed by atoms with Crippen molar-refractivity contribution in [1.29, 1.82) is 0 Å². The molecule has 2 aromatic heterocycles. The molecule has 18 heavy (non-hydrogen) atoms. The van der Waals surface area contributed by atoms with Crippen LogP contribution in [0.15, 0.2) is 23.6 Å². The van der Waals surface area contributed by atoms with Crippen LogP contribution in [0.1, 0.15) is 41.4 Å². The van der Waals surface area contributed by atoms with Crippen molar-refractivity contribution in [3.05, 3.63) is 40.4 Å². The number of aromatic carboxylic acids is 1. The first-order valence-corrected chi connectivity index (χ1v) is 6.67. The number of carbonyl (C=O) groups is 1. The van der Waals surface area contributed by atoms with Crippen molar-refractivity contribution in [2.75, 3.05) is 0 Å².